The van der Waals surface area contributed by atoms with E-state index in [2.05, 4.69) is 55.4 Å². The van der Waals surface area contributed by atoms with Crippen molar-refractivity contribution in [2.75, 3.05) is 0 Å². The highest BCUT2D eigenvalue weighted by Gasteiger charge is 2.26. The second-order valence-corrected chi connectivity index (χ2v) is 13.4. The van der Waals surface area contributed by atoms with Gasteiger partial charge in [0.1, 0.15) is 0 Å². The molecular formula is C42H72. The molecule has 0 atom stereocenters. The normalized spacial score (nSPS) is 11.7. The maximum absolute atomic E-state index is 2.40. The zero-order valence-electron chi connectivity index (χ0n) is 30.0. The molecule has 0 heterocycles. The Morgan fingerprint density at radius 2 is 0.357 bits per heavy atom. The highest BCUT2D eigenvalue weighted by molar-refractivity contribution is 5.98. The predicted molar refractivity (Wildman–Crippen MR) is 193 cm³/mol. The van der Waals surface area contributed by atoms with Crippen molar-refractivity contribution >= 4 is 10.8 Å². The lowest BCUT2D eigenvalue weighted by atomic mass is 9.74. The summed E-state index contributed by atoms with van der Waals surface area (Å²) < 4.78 is 0. The second kappa shape index (κ2) is 21.4. The summed E-state index contributed by atoms with van der Waals surface area (Å²) in [5.41, 5.74) is 14.5. The van der Waals surface area contributed by atoms with Crippen LogP contribution in [0.5, 0.6) is 0 Å². The molecule has 240 valence electrons. The highest BCUT2D eigenvalue weighted by Crippen LogP contribution is 2.43. The van der Waals surface area contributed by atoms with Gasteiger partial charge in [0, 0.05) is 0 Å². The van der Waals surface area contributed by atoms with Gasteiger partial charge in [-0.15, -0.1) is 0 Å². The van der Waals surface area contributed by atoms with Crippen LogP contribution in [0.15, 0.2) is 0 Å². The van der Waals surface area contributed by atoms with Crippen molar-refractivity contribution in [2.24, 2.45) is 0 Å². The molecule has 0 radical (unpaired) electrons. The van der Waals surface area contributed by atoms with Crippen LogP contribution in [0.25, 0.3) is 10.8 Å². The lowest BCUT2D eigenvalue weighted by Crippen LogP contribution is -2.15. The van der Waals surface area contributed by atoms with E-state index in [1.807, 2.05) is 44.5 Å². The Hall–Kier alpha value is -1.30. The number of benzene rings is 2. The minimum absolute atomic E-state index is 1.28. The molecule has 0 saturated carbocycles. The third-order valence-corrected chi connectivity index (χ3v) is 9.89. The van der Waals surface area contributed by atoms with Crippen LogP contribution in [-0.4, -0.2) is 0 Å². The Bertz CT molecular complexity index is 862. The maximum Gasteiger partial charge on any atom is -0.0108 e. The molecule has 0 fully saturated rings. The number of hydrogen-bond acceptors (Lipinski definition) is 0. The van der Waals surface area contributed by atoms with E-state index < -0.39 is 0 Å². The van der Waals surface area contributed by atoms with E-state index in [1.165, 1.54) is 154 Å². The number of fused-ring (bicyclic) bond motifs is 1. The van der Waals surface area contributed by atoms with Crippen LogP contribution in [-0.2, 0) is 51.4 Å². The first-order valence-electron chi connectivity index (χ1n) is 19.2. The lowest BCUT2D eigenvalue weighted by Gasteiger charge is -2.30. The number of hydrogen-bond donors (Lipinski definition) is 0. The van der Waals surface area contributed by atoms with Crippen molar-refractivity contribution in [2.45, 2.75) is 209 Å². The van der Waals surface area contributed by atoms with Gasteiger partial charge in [-0.1, -0.05) is 107 Å². The van der Waals surface area contributed by atoms with Crippen LogP contribution in [0, 0.1) is 0 Å². The van der Waals surface area contributed by atoms with E-state index in [0.717, 1.165) is 0 Å². The number of aryl methyl sites for hydroxylation is 4. The summed E-state index contributed by atoms with van der Waals surface area (Å²) in [6, 6.07) is 0. The Labute approximate surface area is 264 Å². The van der Waals surface area contributed by atoms with Gasteiger partial charge in [-0.05, 0) is 158 Å². The van der Waals surface area contributed by atoms with Gasteiger partial charge in [-0.2, -0.15) is 0 Å². The maximum atomic E-state index is 2.40. The molecule has 2 aromatic carbocycles. The standard InChI is InChI=1S/C42H72/c1-9-17-25-33-34(26-18-10-2)38(30-22-14-6)42-40(32-24-16-8)36(28-20-12-4)35(27-19-11-3)39(31-23-15-7)41(42)37(33)29-21-13-5/h9-32H2,1-8H3. The number of unbranched alkanes of at least 4 members (excludes halogenated alkanes) is 8. The van der Waals surface area contributed by atoms with E-state index >= 15 is 0 Å². The fourth-order valence-corrected chi connectivity index (χ4v) is 7.44. The van der Waals surface area contributed by atoms with Crippen molar-refractivity contribution in [1.29, 1.82) is 0 Å². The quantitative estimate of drug-likeness (QED) is 0.117. The summed E-state index contributed by atoms with van der Waals surface area (Å²) in [6.45, 7) is 19.2. The zero-order valence-corrected chi connectivity index (χ0v) is 30.0. The fourth-order valence-electron chi connectivity index (χ4n) is 7.44. The third kappa shape index (κ3) is 9.86. The molecule has 0 heteroatoms. The molecule has 2 aromatic rings. The van der Waals surface area contributed by atoms with Crippen molar-refractivity contribution in [1.82, 2.24) is 0 Å². The summed E-state index contributed by atoms with van der Waals surface area (Å²) in [7, 11) is 0. The van der Waals surface area contributed by atoms with Gasteiger partial charge >= 0.3 is 0 Å². The summed E-state index contributed by atoms with van der Waals surface area (Å²) in [5.74, 6) is 0. The molecule has 0 aliphatic carbocycles. The largest absolute Gasteiger partial charge is 0.0654 e. The first kappa shape index (κ1) is 36.9. The Kier molecular flexibility index (Phi) is 18.8. The SMILES string of the molecule is CCCCc1c(CCCC)c(CCCC)c2c(CCCC)c(CCCC)c(CCCC)c(CCCC)c2c1CCCC. The molecular weight excluding hydrogens is 504 g/mol. The highest BCUT2D eigenvalue weighted by atomic mass is 14.3. The van der Waals surface area contributed by atoms with Gasteiger partial charge < -0.3 is 0 Å². The van der Waals surface area contributed by atoms with Gasteiger partial charge in [-0.25, -0.2) is 0 Å². The van der Waals surface area contributed by atoms with Gasteiger partial charge in [0.05, 0.1) is 0 Å². The number of rotatable bonds is 24. The fraction of sp³-hybridized carbons (Fsp3) is 0.762. The summed E-state index contributed by atoms with van der Waals surface area (Å²) in [4.78, 5) is 0. The van der Waals surface area contributed by atoms with Gasteiger partial charge in [0.2, 0.25) is 0 Å². The van der Waals surface area contributed by atoms with E-state index in [-0.39, 0.29) is 0 Å². The van der Waals surface area contributed by atoms with Crippen molar-refractivity contribution < 1.29 is 0 Å². The minimum atomic E-state index is 1.28. The first-order chi connectivity index (χ1) is 20.6. The Morgan fingerprint density at radius 3 is 0.500 bits per heavy atom. The Balaban J connectivity index is 3.31. The topological polar surface area (TPSA) is 0 Å². The molecule has 42 heavy (non-hydrogen) atoms. The van der Waals surface area contributed by atoms with Crippen LogP contribution in [0.1, 0.15) is 203 Å². The predicted octanol–water partition coefficient (Wildman–Crippen LogP) is 13.6. The first-order valence-corrected chi connectivity index (χ1v) is 19.2. The average molecular weight is 577 g/mol. The van der Waals surface area contributed by atoms with E-state index in [4.69, 9.17) is 0 Å². The molecule has 0 aliphatic heterocycles. The van der Waals surface area contributed by atoms with Gasteiger partial charge in [-0.3, -0.25) is 0 Å². The minimum Gasteiger partial charge on any atom is -0.0654 e. The monoisotopic (exact) mass is 577 g/mol. The molecule has 0 aliphatic rings. The van der Waals surface area contributed by atoms with Crippen LogP contribution >= 0.6 is 0 Å². The summed E-state index contributed by atoms with van der Waals surface area (Å²) >= 11 is 0. The smallest absolute Gasteiger partial charge is 0.0108 e. The van der Waals surface area contributed by atoms with E-state index in [9.17, 15) is 0 Å². The molecule has 0 nitrogen and oxygen atoms in total. The average Bonchev–Trinajstić information content (AvgIpc) is 3.00. The van der Waals surface area contributed by atoms with Crippen molar-refractivity contribution in [3.8, 4) is 0 Å². The second-order valence-electron chi connectivity index (χ2n) is 13.4. The molecule has 0 unspecified atom stereocenters. The van der Waals surface area contributed by atoms with Crippen molar-refractivity contribution in [3.63, 3.8) is 0 Å². The molecule has 0 N–H and O–H groups in total. The van der Waals surface area contributed by atoms with E-state index in [1.54, 1.807) is 10.8 Å². The molecule has 0 spiro atoms. The van der Waals surface area contributed by atoms with Gasteiger partial charge in [0.25, 0.3) is 0 Å². The Morgan fingerprint density at radius 1 is 0.214 bits per heavy atom. The van der Waals surface area contributed by atoms with Gasteiger partial charge in [0.15, 0.2) is 0 Å². The molecule has 0 amide bonds. The zero-order chi connectivity index (χ0) is 30.7. The van der Waals surface area contributed by atoms with E-state index in [0.29, 0.717) is 0 Å². The molecule has 0 aromatic heterocycles. The lowest BCUT2D eigenvalue weighted by molar-refractivity contribution is 0.712. The van der Waals surface area contributed by atoms with Crippen molar-refractivity contribution in [3.05, 3.63) is 44.5 Å². The van der Waals surface area contributed by atoms with Crippen LogP contribution < -0.4 is 0 Å². The third-order valence-electron chi connectivity index (χ3n) is 9.89. The van der Waals surface area contributed by atoms with Crippen LogP contribution in [0.2, 0.25) is 0 Å². The summed E-state index contributed by atoms with van der Waals surface area (Å²) in [5, 5.41) is 3.60. The molecule has 0 saturated heterocycles. The summed E-state index contributed by atoms with van der Waals surface area (Å²) in [6.07, 6.45) is 31.3. The van der Waals surface area contributed by atoms with Crippen LogP contribution in [0.3, 0.4) is 0 Å². The molecule has 0 bridgehead atoms. The van der Waals surface area contributed by atoms with Crippen LogP contribution in [0.4, 0.5) is 0 Å². The molecule has 2 rings (SSSR count).